The van der Waals surface area contributed by atoms with Crippen LogP contribution in [0, 0.1) is 28.6 Å². The van der Waals surface area contributed by atoms with Crippen LogP contribution in [-0.4, -0.2) is 23.9 Å². The van der Waals surface area contributed by atoms with E-state index in [0.717, 1.165) is 19.5 Å². The highest BCUT2D eigenvalue weighted by atomic mass is 16.2. The van der Waals surface area contributed by atoms with Gasteiger partial charge in [-0.25, -0.2) is 0 Å². The Kier molecular flexibility index (Phi) is 3.96. The predicted octanol–water partition coefficient (Wildman–Crippen LogP) is 2.43. The summed E-state index contributed by atoms with van der Waals surface area (Å²) in [6.07, 6.45) is 1.68. The van der Waals surface area contributed by atoms with Gasteiger partial charge in [-0.1, -0.05) is 27.7 Å². The minimum atomic E-state index is -0.446. The summed E-state index contributed by atoms with van der Waals surface area (Å²) >= 11 is 0. The smallest absolute Gasteiger partial charge is 0.239 e. The molecule has 0 saturated carbocycles. The summed E-state index contributed by atoms with van der Waals surface area (Å²) in [4.78, 5) is 13.9. The molecule has 0 aromatic rings. The molecular weight excluding hydrogens is 200 g/mol. The minimum Gasteiger partial charge on any atom is -0.341 e. The molecule has 1 rings (SSSR count). The summed E-state index contributed by atoms with van der Waals surface area (Å²) < 4.78 is 0. The normalized spacial score (nSPS) is 22.9. The first kappa shape index (κ1) is 13.0. The van der Waals surface area contributed by atoms with E-state index >= 15 is 0 Å². The lowest BCUT2D eigenvalue weighted by atomic mass is 9.80. The Morgan fingerprint density at radius 1 is 1.56 bits per heavy atom. The van der Waals surface area contributed by atoms with Crippen LogP contribution in [0.4, 0.5) is 0 Å². The number of likely N-dealkylation sites (tertiary alicyclic amines) is 1. The molecule has 1 fully saturated rings. The van der Waals surface area contributed by atoms with Crippen LogP contribution in [0.2, 0.25) is 0 Å². The Balaban J connectivity index is 2.60. The van der Waals surface area contributed by atoms with Crippen molar-refractivity contribution < 1.29 is 4.79 Å². The largest absolute Gasteiger partial charge is 0.341 e. The molecule has 0 aromatic heterocycles. The van der Waals surface area contributed by atoms with Crippen LogP contribution >= 0.6 is 0 Å². The van der Waals surface area contributed by atoms with Crippen LogP contribution in [0.5, 0.6) is 0 Å². The number of nitriles is 1. The molecule has 3 heteroatoms. The Morgan fingerprint density at radius 3 is 2.56 bits per heavy atom. The second kappa shape index (κ2) is 4.86. The van der Waals surface area contributed by atoms with E-state index in [1.807, 2.05) is 11.8 Å². The van der Waals surface area contributed by atoms with E-state index in [0.29, 0.717) is 12.3 Å². The highest BCUT2D eigenvalue weighted by molar-refractivity contribution is 5.81. The molecule has 0 aliphatic carbocycles. The molecule has 1 amide bonds. The quantitative estimate of drug-likeness (QED) is 0.720. The Morgan fingerprint density at radius 2 is 2.19 bits per heavy atom. The van der Waals surface area contributed by atoms with Crippen LogP contribution in [0.15, 0.2) is 0 Å². The summed E-state index contributed by atoms with van der Waals surface area (Å²) in [6.45, 7) is 10.2. The monoisotopic (exact) mass is 222 g/mol. The molecule has 0 N–H and O–H groups in total. The van der Waals surface area contributed by atoms with Crippen molar-refractivity contribution in [2.24, 2.45) is 17.3 Å². The van der Waals surface area contributed by atoms with Gasteiger partial charge in [-0.15, -0.1) is 0 Å². The van der Waals surface area contributed by atoms with Gasteiger partial charge in [0, 0.05) is 13.1 Å². The maximum absolute atomic E-state index is 12.0. The van der Waals surface area contributed by atoms with E-state index < -0.39 is 5.92 Å². The van der Waals surface area contributed by atoms with E-state index in [4.69, 9.17) is 5.26 Å². The van der Waals surface area contributed by atoms with Gasteiger partial charge in [0.05, 0.1) is 6.07 Å². The summed E-state index contributed by atoms with van der Waals surface area (Å²) in [7, 11) is 0. The van der Waals surface area contributed by atoms with Gasteiger partial charge >= 0.3 is 0 Å². The molecule has 0 spiro atoms. The first-order valence-electron chi connectivity index (χ1n) is 6.08. The maximum Gasteiger partial charge on any atom is 0.239 e. The van der Waals surface area contributed by atoms with Crippen molar-refractivity contribution in [3.8, 4) is 6.07 Å². The zero-order valence-corrected chi connectivity index (χ0v) is 10.8. The number of hydrogen-bond donors (Lipinski definition) is 0. The van der Waals surface area contributed by atoms with Gasteiger partial charge < -0.3 is 4.90 Å². The second-order valence-electron chi connectivity index (χ2n) is 5.73. The van der Waals surface area contributed by atoms with Crippen LogP contribution in [0.25, 0.3) is 0 Å². The molecule has 1 aliphatic rings. The zero-order chi connectivity index (χ0) is 12.3. The summed E-state index contributed by atoms with van der Waals surface area (Å²) in [6, 6.07) is 2.09. The van der Waals surface area contributed by atoms with Gasteiger partial charge in [0.25, 0.3) is 0 Å². The first-order valence-corrected chi connectivity index (χ1v) is 6.08. The fourth-order valence-corrected chi connectivity index (χ4v) is 2.21. The Hall–Kier alpha value is -1.04. The summed E-state index contributed by atoms with van der Waals surface area (Å²) in [5.41, 5.74) is 0.253. The summed E-state index contributed by atoms with van der Waals surface area (Å²) in [5, 5.41) is 8.89. The first-order chi connectivity index (χ1) is 7.40. The SMILES string of the molecule is CCC(C#N)C(=O)N1CCC(C(C)(C)C)C1. The van der Waals surface area contributed by atoms with E-state index in [2.05, 4.69) is 26.8 Å². The Labute approximate surface area is 98.4 Å². The molecule has 0 radical (unpaired) electrons. The Bertz CT molecular complexity index is 298. The number of nitrogens with zero attached hydrogens (tertiary/aromatic N) is 2. The van der Waals surface area contributed by atoms with Crippen molar-refractivity contribution in [2.45, 2.75) is 40.5 Å². The number of carbonyl (C=O) groups is 1. The van der Waals surface area contributed by atoms with Gasteiger partial charge in [0.15, 0.2) is 0 Å². The lowest BCUT2D eigenvalue weighted by Gasteiger charge is -2.27. The predicted molar refractivity (Wildman–Crippen MR) is 63.5 cm³/mol. The van der Waals surface area contributed by atoms with Crippen molar-refractivity contribution in [3.05, 3.63) is 0 Å². The molecule has 0 aromatic carbocycles. The fourth-order valence-electron chi connectivity index (χ4n) is 2.21. The molecule has 0 bridgehead atoms. The van der Waals surface area contributed by atoms with Crippen LogP contribution in [-0.2, 0) is 4.79 Å². The number of rotatable bonds is 2. The molecule has 1 saturated heterocycles. The fraction of sp³-hybridized carbons (Fsp3) is 0.846. The third-order valence-electron chi connectivity index (χ3n) is 3.59. The minimum absolute atomic E-state index is 0.0248. The standard InChI is InChI=1S/C13H22N2O/c1-5-10(8-14)12(16)15-7-6-11(9-15)13(2,3)4/h10-11H,5-7,9H2,1-4H3. The molecule has 2 atom stereocenters. The molecule has 3 nitrogen and oxygen atoms in total. The van der Waals surface area contributed by atoms with Gasteiger partial charge in [-0.05, 0) is 24.2 Å². The molecule has 2 unspecified atom stereocenters. The average molecular weight is 222 g/mol. The van der Waals surface area contributed by atoms with E-state index in [9.17, 15) is 4.79 Å². The zero-order valence-electron chi connectivity index (χ0n) is 10.8. The number of amides is 1. The number of hydrogen-bond acceptors (Lipinski definition) is 2. The lowest BCUT2D eigenvalue weighted by Crippen LogP contribution is -2.35. The van der Waals surface area contributed by atoms with Gasteiger partial charge in [0.1, 0.15) is 5.92 Å². The molecule has 16 heavy (non-hydrogen) atoms. The lowest BCUT2D eigenvalue weighted by molar-refractivity contribution is -0.133. The molecule has 90 valence electrons. The van der Waals surface area contributed by atoms with E-state index in [-0.39, 0.29) is 11.3 Å². The highest BCUT2D eigenvalue weighted by Crippen LogP contribution is 2.34. The highest BCUT2D eigenvalue weighted by Gasteiger charge is 2.35. The maximum atomic E-state index is 12.0. The number of carbonyl (C=O) groups excluding carboxylic acids is 1. The third-order valence-corrected chi connectivity index (χ3v) is 3.59. The van der Waals surface area contributed by atoms with E-state index in [1.54, 1.807) is 0 Å². The third kappa shape index (κ3) is 2.75. The van der Waals surface area contributed by atoms with Crippen LogP contribution < -0.4 is 0 Å². The molecule has 1 heterocycles. The van der Waals surface area contributed by atoms with Gasteiger partial charge in [-0.3, -0.25) is 4.79 Å². The summed E-state index contributed by atoms with van der Waals surface area (Å²) in [5.74, 6) is 0.142. The average Bonchev–Trinajstić information content (AvgIpc) is 2.67. The van der Waals surface area contributed by atoms with Crippen LogP contribution in [0.3, 0.4) is 0 Å². The van der Waals surface area contributed by atoms with E-state index in [1.165, 1.54) is 0 Å². The molecular formula is C13H22N2O. The second-order valence-corrected chi connectivity index (χ2v) is 5.73. The van der Waals surface area contributed by atoms with Crippen molar-refractivity contribution >= 4 is 5.91 Å². The van der Waals surface area contributed by atoms with Crippen molar-refractivity contribution in [1.82, 2.24) is 4.90 Å². The van der Waals surface area contributed by atoms with Crippen molar-refractivity contribution in [3.63, 3.8) is 0 Å². The van der Waals surface area contributed by atoms with Crippen molar-refractivity contribution in [1.29, 1.82) is 5.26 Å². The van der Waals surface area contributed by atoms with Crippen LogP contribution in [0.1, 0.15) is 40.5 Å². The topological polar surface area (TPSA) is 44.1 Å². The van der Waals surface area contributed by atoms with Gasteiger partial charge in [0.2, 0.25) is 5.91 Å². The molecule has 1 aliphatic heterocycles. The van der Waals surface area contributed by atoms with Gasteiger partial charge in [-0.2, -0.15) is 5.26 Å². The van der Waals surface area contributed by atoms with Crippen molar-refractivity contribution in [2.75, 3.05) is 13.1 Å².